The average molecular weight is 427 g/mol. The van der Waals surface area contributed by atoms with E-state index >= 15 is 0 Å². The van der Waals surface area contributed by atoms with Gasteiger partial charge in [0.2, 0.25) is 5.95 Å². The van der Waals surface area contributed by atoms with Gasteiger partial charge in [0, 0.05) is 29.8 Å². The van der Waals surface area contributed by atoms with Gasteiger partial charge in [-0.1, -0.05) is 53.2 Å². The summed E-state index contributed by atoms with van der Waals surface area (Å²) in [7, 11) is 0. The molecule has 1 heterocycles. The molecule has 0 aliphatic heterocycles. The molecule has 2 N–H and O–H groups in total. The minimum Gasteiger partial charge on any atom is -0.411 e. The Morgan fingerprint density at radius 3 is 3.00 bits per heavy atom. The van der Waals surface area contributed by atoms with E-state index in [2.05, 4.69) is 46.7 Å². The molecule has 1 aromatic rings. The smallest absolute Gasteiger partial charge is 0.222 e. The zero-order chi connectivity index (χ0) is 21.0. The first-order valence-electron chi connectivity index (χ1n) is 10.4. The van der Waals surface area contributed by atoms with Crippen molar-refractivity contribution in [2.75, 3.05) is 18.5 Å². The Balaban J connectivity index is 1.42. The highest BCUT2D eigenvalue weighted by Gasteiger charge is 2.29. The van der Waals surface area contributed by atoms with E-state index in [1.807, 2.05) is 12.2 Å². The summed E-state index contributed by atoms with van der Waals surface area (Å²) in [5.74, 6) is 0.711. The fourth-order valence-electron chi connectivity index (χ4n) is 4.14. The monoisotopic (exact) mass is 426 g/mol. The zero-order valence-electron chi connectivity index (χ0n) is 17.1. The van der Waals surface area contributed by atoms with Gasteiger partial charge < -0.3 is 15.3 Å². The second kappa shape index (κ2) is 9.14. The molecular formula is C23H27ClN4O2. The number of oxime groups is 1. The Hall–Kier alpha value is -2.44. The number of nitrogens with zero attached hydrogens (tertiary/aromatic N) is 3. The Bertz CT molecular complexity index is 951. The molecule has 0 aromatic carbocycles. The van der Waals surface area contributed by atoms with Crippen molar-refractivity contribution in [2.24, 2.45) is 11.1 Å². The quantitative estimate of drug-likeness (QED) is 0.389. The maximum atomic E-state index is 9.53. The number of ether oxygens (including phenoxy) is 1. The molecule has 6 nitrogen and oxygen atoms in total. The van der Waals surface area contributed by atoms with Gasteiger partial charge in [-0.25, -0.2) is 9.97 Å². The van der Waals surface area contributed by atoms with Gasteiger partial charge >= 0.3 is 0 Å². The lowest BCUT2D eigenvalue weighted by Crippen LogP contribution is -2.29. The molecule has 3 aliphatic rings. The lowest BCUT2D eigenvalue weighted by Gasteiger charge is -2.28. The summed E-state index contributed by atoms with van der Waals surface area (Å²) >= 11 is 6.48. The maximum Gasteiger partial charge on any atom is 0.222 e. The molecule has 158 valence electrons. The van der Waals surface area contributed by atoms with Crippen LogP contribution in [0, 0.1) is 5.92 Å². The summed E-state index contributed by atoms with van der Waals surface area (Å²) in [6.07, 6.45) is 18.3. The molecule has 7 heteroatoms. The molecule has 1 aromatic heterocycles. The molecule has 0 amide bonds. The minimum absolute atomic E-state index is 0.157. The largest absolute Gasteiger partial charge is 0.411 e. The Morgan fingerprint density at radius 1 is 1.33 bits per heavy atom. The molecule has 2 atom stereocenters. The van der Waals surface area contributed by atoms with Crippen molar-refractivity contribution < 1.29 is 9.94 Å². The van der Waals surface area contributed by atoms with Gasteiger partial charge in [0.1, 0.15) is 0 Å². The second-order valence-corrected chi connectivity index (χ2v) is 8.54. The van der Waals surface area contributed by atoms with Gasteiger partial charge in [-0.05, 0) is 44.1 Å². The van der Waals surface area contributed by atoms with Gasteiger partial charge in [0.05, 0.1) is 23.6 Å². The van der Waals surface area contributed by atoms with E-state index in [4.69, 9.17) is 21.3 Å². The molecular weight excluding hydrogens is 400 g/mol. The van der Waals surface area contributed by atoms with Crippen LogP contribution in [-0.4, -0.2) is 39.6 Å². The van der Waals surface area contributed by atoms with Gasteiger partial charge in [0.25, 0.3) is 0 Å². The highest BCUT2D eigenvalue weighted by Crippen LogP contribution is 2.36. The van der Waals surface area contributed by atoms with E-state index < -0.39 is 0 Å². The first-order chi connectivity index (χ1) is 14.6. The van der Waals surface area contributed by atoms with E-state index in [1.165, 1.54) is 0 Å². The summed E-state index contributed by atoms with van der Waals surface area (Å²) in [6, 6.07) is 0. The van der Waals surface area contributed by atoms with Gasteiger partial charge in [-0.2, -0.15) is 0 Å². The van der Waals surface area contributed by atoms with Crippen molar-refractivity contribution in [3.63, 3.8) is 0 Å². The Morgan fingerprint density at radius 2 is 2.23 bits per heavy atom. The van der Waals surface area contributed by atoms with Crippen molar-refractivity contribution in [2.45, 2.75) is 44.6 Å². The summed E-state index contributed by atoms with van der Waals surface area (Å²) < 4.78 is 6.01. The topological polar surface area (TPSA) is 79.6 Å². The third-order valence-electron chi connectivity index (χ3n) is 5.80. The fraction of sp³-hybridized carbons (Fsp3) is 0.435. The summed E-state index contributed by atoms with van der Waals surface area (Å²) in [5, 5.41) is 17.2. The number of halogens is 1. The number of hydrogen-bond donors (Lipinski definition) is 2. The van der Waals surface area contributed by atoms with E-state index in [-0.39, 0.29) is 11.5 Å². The first-order valence-corrected chi connectivity index (χ1v) is 10.8. The van der Waals surface area contributed by atoms with Crippen LogP contribution in [0.15, 0.2) is 58.4 Å². The van der Waals surface area contributed by atoms with Gasteiger partial charge in [-0.3, -0.25) is 0 Å². The highest BCUT2D eigenvalue weighted by atomic mass is 35.5. The molecule has 30 heavy (non-hydrogen) atoms. The van der Waals surface area contributed by atoms with Crippen LogP contribution in [0.1, 0.15) is 43.9 Å². The lowest BCUT2D eigenvalue weighted by molar-refractivity contribution is 0.0132. The van der Waals surface area contributed by atoms with E-state index in [0.29, 0.717) is 31.2 Å². The predicted molar refractivity (Wildman–Crippen MR) is 119 cm³/mol. The Kier molecular flexibility index (Phi) is 6.35. The Labute approximate surface area is 182 Å². The molecule has 0 radical (unpaired) electrons. The van der Waals surface area contributed by atoms with E-state index in [1.54, 1.807) is 6.20 Å². The SMILES string of the molecule is C[C@]1(OCCNc2ncc3c(n2)CC(C2=C(Cl)CCC=C2)C/C3=N\O)C=CC=CC1. The second-order valence-electron chi connectivity index (χ2n) is 8.09. The number of nitrogens with one attached hydrogen (secondary N) is 1. The highest BCUT2D eigenvalue weighted by molar-refractivity contribution is 6.30. The zero-order valence-corrected chi connectivity index (χ0v) is 17.9. The van der Waals surface area contributed by atoms with Crippen LogP contribution in [0.3, 0.4) is 0 Å². The molecule has 0 saturated heterocycles. The number of allylic oxidation sites excluding steroid dienone is 6. The number of fused-ring (bicyclic) bond motifs is 1. The third kappa shape index (κ3) is 4.65. The third-order valence-corrected chi connectivity index (χ3v) is 6.20. The molecule has 1 unspecified atom stereocenters. The molecule has 3 aliphatic carbocycles. The number of rotatable bonds is 6. The van der Waals surface area contributed by atoms with E-state index in [9.17, 15) is 5.21 Å². The summed E-state index contributed by atoms with van der Waals surface area (Å²) in [4.78, 5) is 9.10. The number of hydrogen-bond acceptors (Lipinski definition) is 6. The summed E-state index contributed by atoms with van der Waals surface area (Å²) in [6.45, 7) is 3.24. The van der Waals surface area contributed by atoms with Crippen molar-refractivity contribution in [1.29, 1.82) is 0 Å². The van der Waals surface area contributed by atoms with Crippen LogP contribution < -0.4 is 5.32 Å². The first kappa shape index (κ1) is 20.8. The normalized spacial score (nSPS) is 26.9. The molecule has 0 fully saturated rings. The minimum atomic E-state index is -0.257. The van der Waals surface area contributed by atoms with Crippen LogP contribution in [0.25, 0.3) is 0 Å². The number of aromatic nitrogens is 2. The fourth-order valence-corrected chi connectivity index (χ4v) is 4.46. The summed E-state index contributed by atoms with van der Waals surface area (Å²) in [5.41, 5.74) is 3.16. The van der Waals surface area contributed by atoms with Crippen LogP contribution in [0.5, 0.6) is 0 Å². The maximum absolute atomic E-state index is 9.53. The van der Waals surface area contributed by atoms with Crippen LogP contribution in [-0.2, 0) is 11.2 Å². The predicted octanol–water partition coefficient (Wildman–Crippen LogP) is 4.76. The van der Waals surface area contributed by atoms with Crippen LogP contribution in [0.2, 0.25) is 0 Å². The average Bonchev–Trinajstić information content (AvgIpc) is 2.76. The van der Waals surface area contributed by atoms with Gasteiger partial charge in [-0.15, -0.1) is 0 Å². The standard InChI is InChI=1S/C23H27ClN4O2/c1-23(9-5-2-6-10-23)30-12-11-25-22-26-15-18-20(27-22)13-16(14-21(18)28-29)17-7-3-4-8-19(17)24/h2-3,5-7,9,15-16,29H,4,8,10-14H2,1H3,(H,25,26,27)/b28-21+/t16?,23-/m0/s1. The van der Waals surface area contributed by atoms with Crippen LogP contribution in [0.4, 0.5) is 5.95 Å². The lowest BCUT2D eigenvalue weighted by atomic mass is 9.80. The molecule has 4 rings (SSSR count). The molecule has 0 spiro atoms. The molecule has 0 saturated carbocycles. The van der Waals surface area contributed by atoms with Crippen LogP contribution >= 0.6 is 11.6 Å². The van der Waals surface area contributed by atoms with Crippen molar-refractivity contribution in [3.05, 3.63) is 64.5 Å². The van der Waals surface area contributed by atoms with Gasteiger partial charge in [0.15, 0.2) is 0 Å². The van der Waals surface area contributed by atoms with Crippen molar-refractivity contribution in [3.8, 4) is 0 Å². The molecule has 0 bridgehead atoms. The van der Waals surface area contributed by atoms with E-state index in [0.717, 1.165) is 47.5 Å². The van der Waals surface area contributed by atoms with Crippen molar-refractivity contribution >= 4 is 23.3 Å². The van der Waals surface area contributed by atoms with Crippen molar-refractivity contribution in [1.82, 2.24) is 9.97 Å². The number of anilines is 1.